The molecule has 4 rings (SSSR count). The zero-order valence-electron chi connectivity index (χ0n) is 17.2. The average Bonchev–Trinajstić information content (AvgIpc) is 2.79. The Morgan fingerprint density at radius 2 is 1.33 bits per heavy atom. The molecule has 4 heteroatoms. The van der Waals surface area contributed by atoms with Crippen LogP contribution < -0.4 is 0 Å². The van der Waals surface area contributed by atoms with Crippen LogP contribution in [0.25, 0.3) is 0 Å². The van der Waals surface area contributed by atoms with E-state index in [0.717, 1.165) is 16.7 Å². The number of likely N-dealkylation sites (tertiary alicyclic amines) is 1. The van der Waals surface area contributed by atoms with E-state index < -0.39 is 18.3 Å². The topological polar surface area (TPSA) is 52.9 Å². The van der Waals surface area contributed by atoms with Crippen molar-refractivity contribution >= 4 is 0 Å². The fourth-order valence-corrected chi connectivity index (χ4v) is 4.35. The maximum Gasteiger partial charge on any atom is 0.112 e. The third-order valence-electron chi connectivity index (χ3n) is 5.98. The molecule has 30 heavy (non-hydrogen) atoms. The van der Waals surface area contributed by atoms with Crippen LogP contribution in [0, 0.1) is 0 Å². The van der Waals surface area contributed by atoms with E-state index in [1.54, 1.807) is 0 Å². The monoisotopic (exact) mass is 403 g/mol. The number of piperidine rings is 1. The van der Waals surface area contributed by atoms with Gasteiger partial charge >= 0.3 is 0 Å². The third kappa shape index (κ3) is 4.47. The van der Waals surface area contributed by atoms with E-state index in [1.165, 1.54) is 0 Å². The molecule has 3 aromatic rings. The fraction of sp³-hybridized carbons (Fsp3) is 0.308. The van der Waals surface area contributed by atoms with Crippen molar-refractivity contribution in [3.63, 3.8) is 0 Å². The molecule has 1 fully saturated rings. The second-order valence-electron chi connectivity index (χ2n) is 7.98. The number of rotatable bonds is 6. The molecular weight excluding hydrogens is 374 g/mol. The third-order valence-corrected chi connectivity index (χ3v) is 5.98. The van der Waals surface area contributed by atoms with Gasteiger partial charge in [-0.2, -0.15) is 0 Å². The smallest absolute Gasteiger partial charge is 0.112 e. The van der Waals surface area contributed by atoms with Gasteiger partial charge in [-0.05, 0) is 23.6 Å². The Morgan fingerprint density at radius 1 is 0.833 bits per heavy atom. The molecule has 0 radical (unpaired) electrons. The maximum absolute atomic E-state index is 11.1. The minimum atomic E-state index is -0.799. The van der Waals surface area contributed by atoms with Gasteiger partial charge in [-0.3, -0.25) is 4.90 Å². The second kappa shape index (κ2) is 9.54. The van der Waals surface area contributed by atoms with Gasteiger partial charge < -0.3 is 14.9 Å². The van der Waals surface area contributed by atoms with Crippen LogP contribution in [0.5, 0.6) is 0 Å². The molecule has 0 spiro atoms. The van der Waals surface area contributed by atoms with Crippen molar-refractivity contribution in [2.24, 2.45) is 0 Å². The van der Waals surface area contributed by atoms with Crippen molar-refractivity contribution in [3.8, 4) is 0 Å². The highest BCUT2D eigenvalue weighted by Gasteiger charge is 2.43. The lowest BCUT2D eigenvalue weighted by Gasteiger charge is -2.47. The molecule has 1 aliphatic rings. The Labute approximate surface area is 178 Å². The Balaban J connectivity index is 1.56. The minimum Gasteiger partial charge on any atom is -0.389 e. The van der Waals surface area contributed by atoms with E-state index in [0.29, 0.717) is 13.2 Å². The molecule has 2 N–H and O–H groups in total. The summed E-state index contributed by atoms with van der Waals surface area (Å²) in [7, 11) is 0. The summed E-state index contributed by atoms with van der Waals surface area (Å²) >= 11 is 0. The molecule has 156 valence electrons. The second-order valence-corrected chi connectivity index (χ2v) is 7.98. The molecule has 0 saturated carbocycles. The lowest BCUT2D eigenvalue weighted by atomic mass is 9.88. The van der Waals surface area contributed by atoms with E-state index in [2.05, 4.69) is 29.2 Å². The number of aliphatic hydroxyl groups excluding tert-OH is 2. The molecule has 0 aromatic heterocycles. The van der Waals surface area contributed by atoms with Crippen LogP contribution in [0.4, 0.5) is 0 Å². The maximum atomic E-state index is 11.1. The van der Waals surface area contributed by atoms with Crippen molar-refractivity contribution in [2.45, 2.75) is 43.9 Å². The van der Waals surface area contributed by atoms with Gasteiger partial charge in [0.2, 0.25) is 0 Å². The molecular formula is C26H29NO3. The number of hydrogen-bond acceptors (Lipinski definition) is 4. The highest BCUT2D eigenvalue weighted by atomic mass is 16.5. The van der Waals surface area contributed by atoms with Crippen LogP contribution in [-0.4, -0.2) is 46.0 Å². The predicted octanol–water partition coefficient (Wildman–Crippen LogP) is 3.79. The molecule has 4 nitrogen and oxygen atoms in total. The van der Waals surface area contributed by atoms with E-state index in [1.807, 2.05) is 73.7 Å². The number of benzene rings is 3. The van der Waals surface area contributed by atoms with Gasteiger partial charge in [-0.15, -0.1) is 0 Å². The van der Waals surface area contributed by atoms with Gasteiger partial charge in [-0.25, -0.2) is 0 Å². The first-order valence-corrected chi connectivity index (χ1v) is 10.5. The molecule has 0 amide bonds. The molecule has 3 aromatic carbocycles. The summed E-state index contributed by atoms with van der Waals surface area (Å²) in [5, 5.41) is 22.0. The highest BCUT2D eigenvalue weighted by molar-refractivity contribution is 5.32. The Kier molecular flexibility index (Phi) is 6.60. The van der Waals surface area contributed by atoms with Crippen LogP contribution in [0.15, 0.2) is 91.0 Å². The Bertz CT molecular complexity index is 864. The lowest BCUT2D eigenvalue weighted by molar-refractivity contribution is -0.168. The molecule has 1 aliphatic heterocycles. The summed E-state index contributed by atoms with van der Waals surface area (Å²) < 4.78 is 5.98. The zero-order valence-corrected chi connectivity index (χ0v) is 17.2. The number of β-amino-alcohol motifs (C(OH)–C–C–N with tert-alkyl or cyclic N) is 1. The van der Waals surface area contributed by atoms with E-state index in [-0.39, 0.29) is 12.1 Å². The first-order valence-electron chi connectivity index (χ1n) is 10.5. The highest BCUT2D eigenvalue weighted by Crippen LogP contribution is 2.35. The van der Waals surface area contributed by atoms with Gasteiger partial charge in [0.05, 0.1) is 24.9 Å². The van der Waals surface area contributed by atoms with Gasteiger partial charge in [0.15, 0.2) is 0 Å². The summed E-state index contributed by atoms with van der Waals surface area (Å²) in [6, 6.07) is 30.1. The van der Waals surface area contributed by atoms with Gasteiger partial charge in [0.25, 0.3) is 0 Å². The summed E-state index contributed by atoms with van der Waals surface area (Å²) in [4.78, 5) is 2.18. The van der Waals surface area contributed by atoms with Crippen molar-refractivity contribution in [3.05, 3.63) is 108 Å². The first kappa shape index (κ1) is 20.8. The number of aliphatic hydroxyl groups is 2. The molecule has 0 aliphatic carbocycles. The quantitative estimate of drug-likeness (QED) is 0.658. The standard InChI is InChI=1S/C26H29NO3/c1-19-25(29)26(30-18-20-11-5-2-6-12-20)23(28)17-27(19)24(21-13-7-3-8-14-21)22-15-9-4-10-16-22/h2-16,19,23-26,28-29H,17-18H2,1H3/t19-,23+,25-,26-/m1/s1. The SMILES string of the molecule is C[C@@H]1[C@@H](O)[C@H](OCc2ccccc2)[C@@H](O)CN1C(c1ccccc1)c1ccccc1. The van der Waals surface area contributed by atoms with Crippen LogP contribution in [0.1, 0.15) is 29.7 Å². The largest absolute Gasteiger partial charge is 0.389 e. The van der Waals surface area contributed by atoms with E-state index in [4.69, 9.17) is 4.74 Å². The lowest BCUT2D eigenvalue weighted by Crippen LogP contribution is -2.61. The summed E-state index contributed by atoms with van der Waals surface area (Å²) in [5.74, 6) is 0. The normalized spacial score (nSPS) is 24.8. The summed E-state index contributed by atoms with van der Waals surface area (Å²) in [5.41, 5.74) is 3.30. The Hall–Kier alpha value is -2.50. The number of nitrogens with zero attached hydrogens (tertiary/aromatic N) is 1. The van der Waals surface area contributed by atoms with Gasteiger partial charge in [-0.1, -0.05) is 91.0 Å². The van der Waals surface area contributed by atoms with Crippen LogP contribution >= 0.6 is 0 Å². The van der Waals surface area contributed by atoms with E-state index in [9.17, 15) is 10.2 Å². The minimum absolute atomic E-state index is 0.0539. The van der Waals surface area contributed by atoms with Crippen molar-refractivity contribution in [1.29, 1.82) is 0 Å². The van der Waals surface area contributed by atoms with Gasteiger partial charge in [0.1, 0.15) is 6.10 Å². The van der Waals surface area contributed by atoms with Crippen LogP contribution in [-0.2, 0) is 11.3 Å². The van der Waals surface area contributed by atoms with Crippen LogP contribution in [0.2, 0.25) is 0 Å². The van der Waals surface area contributed by atoms with E-state index >= 15 is 0 Å². The van der Waals surface area contributed by atoms with Gasteiger partial charge in [0, 0.05) is 12.6 Å². The van der Waals surface area contributed by atoms with Crippen LogP contribution in [0.3, 0.4) is 0 Å². The molecule has 0 unspecified atom stereocenters. The predicted molar refractivity (Wildman–Crippen MR) is 118 cm³/mol. The van der Waals surface area contributed by atoms with Crippen molar-refractivity contribution < 1.29 is 14.9 Å². The van der Waals surface area contributed by atoms with Crippen molar-refractivity contribution in [1.82, 2.24) is 4.90 Å². The number of ether oxygens (including phenoxy) is 1. The molecule has 1 saturated heterocycles. The van der Waals surface area contributed by atoms with Crippen molar-refractivity contribution in [2.75, 3.05) is 6.54 Å². The fourth-order valence-electron chi connectivity index (χ4n) is 4.35. The molecule has 4 atom stereocenters. The summed E-state index contributed by atoms with van der Waals surface area (Å²) in [6.07, 6.45) is -2.20. The Morgan fingerprint density at radius 3 is 1.87 bits per heavy atom. The molecule has 1 heterocycles. The zero-order chi connectivity index (χ0) is 20.9. The number of hydrogen-bond donors (Lipinski definition) is 2. The summed E-state index contributed by atoms with van der Waals surface area (Å²) in [6.45, 7) is 2.80. The average molecular weight is 404 g/mol. The first-order chi connectivity index (χ1) is 14.6. The molecule has 0 bridgehead atoms.